The van der Waals surface area contributed by atoms with Crippen LogP contribution in [0.15, 0.2) is 22.7 Å². The maximum Gasteiger partial charge on any atom is 0.290 e. The van der Waals surface area contributed by atoms with Gasteiger partial charge in [-0.2, -0.15) is 0 Å². The molecule has 0 aliphatic heterocycles. The molecule has 4 aliphatic rings. The van der Waals surface area contributed by atoms with Crippen LogP contribution in [-0.4, -0.2) is 34.7 Å². The van der Waals surface area contributed by atoms with Crippen molar-refractivity contribution in [2.75, 3.05) is 6.61 Å². The van der Waals surface area contributed by atoms with E-state index in [0.29, 0.717) is 25.0 Å². The summed E-state index contributed by atoms with van der Waals surface area (Å²) in [7, 11) is 0. The molecule has 3 fully saturated rings. The summed E-state index contributed by atoms with van der Waals surface area (Å²) in [5.74, 6) is -0.535. The fourth-order valence-electron chi connectivity index (χ4n) is 4.97. The summed E-state index contributed by atoms with van der Waals surface area (Å²) in [6.07, 6.45) is 5.81. The van der Waals surface area contributed by atoms with E-state index in [1.54, 1.807) is 0 Å². The summed E-state index contributed by atoms with van der Waals surface area (Å²) in [4.78, 5) is 24.9. The number of halogens is 2. The first-order valence-corrected chi connectivity index (χ1v) is 10.4. The van der Waals surface area contributed by atoms with Gasteiger partial charge in [0.15, 0.2) is 6.61 Å². The van der Waals surface area contributed by atoms with Crippen LogP contribution in [0.25, 0.3) is 0 Å². The number of hydrogen-bond donors (Lipinski definition) is 2. The van der Waals surface area contributed by atoms with Gasteiger partial charge in [0.25, 0.3) is 11.8 Å². The third kappa shape index (κ3) is 3.33. The molecule has 7 nitrogen and oxygen atoms in total. The Morgan fingerprint density at radius 3 is 2.67 bits per heavy atom. The zero-order valence-corrected chi connectivity index (χ0v) is 17.0. The second kappa shape index (κ2) is 6.97. The molecule has 3 saturated carbocycles. The van der Waals surface area contributed by atoms with Crippen LogP contribution in [0.2, 0.25) is 5.02 Å². The topological polar surface area (TPSA) is 93.5 Å². The Labute approximate surface area is 177 Å². The Morgan fingerprint density at radius 2 is 1.90 bits per heavy atom. The van der Waals surface area contributed by atoms with Crippen molar-refractivity contribution in [2.45, 2.75) is 56.0 Å². The van der Waals surface area contributed by atoms with Crippen LogP contribution in [0, 0.1) is 5.82 Å². The minimum atomic E-state index is -0.597. The number of aryl methyl sites for hydroxylation is 1. The molecule has 6 rings (SSSR count). The lowest BCUT2D eigenvalue weighted by atomic mass is 9.44. The molecule has 158 valence electrons. The Bertz CT molecular complexity index is 1020. The first-order valence-electron chi connectivity index (χ1n) is 10.1. The molecule has 1 aromatic heterocycles. The lowest BCUT2D eigenvalue weighted by Gasteiger charge is -2.70. The average Bonchev–Trinajstić information content (AvgIpc) is 3.10. The van der Waals surface area contributed by atoms with Crippen molar-refractivity contribution in [3.8, 4) is 5.75 Å². The number of benzene rings is 1. The van der Waals surface area contributed by atoms with E-state index >= 15 is 0 Å². The monoisotopic (exact) mass is 433 g/mol. The second-order valence-corrected chi connectivity index (χ2v) is 9.01. The quantitative estimate of drug-likeness (QED) is 0.730. The van der Waals surface area contributed by atoms with E-state index in [2.05, 4.69) is 15.8 Å². The van der Waals surface area contributed by atoms with Gasteiger partial charge in [0.1, 0.15) is 11.6 Å². The van der Waals surface area contributed by atoms with E-state index in [-0.39, 0.29) is 40.3 Å². The summed E-state index contributed by atoms with van der Waals surface area (Å²) >= 11 is 5.63. The van der Waals surface area contributed by atoms with Crippen molar-refractivity contribution in [1.82, 2.24) is 15.8 Å². The lowest BCUT2D eigenvalue weighted by molar-refractivity contribution is -0.141. The maximum atomic E-state index is 13.4. The van der Waals surface area contributed by atoms with Crippen molar-refractivity contribution in [2.24, 2.45) is 0 Å². The third-order valence-electron chi connectivity index (χ3n) is 6.24. The minimum Gasteiger partial charge on any atom is -0.484 e. The van der Waals surface area contributed by atoms with Gasteiger partial charge in [0.05, 0.1) is 10.7 Å². The van der Waals surface area contributed by atoms with E-state index in [9.17, 15) is 14.0 Å². The number of carbonyl (C=O) groups excluding carboxylic acids is 2. The van der Waals surface area contributed by atoms with Crippen molar-refractivity contribution >= 4 is 23.4 Å². The highest BCUT2D eigenvalue weighted by Gasteiger charge is 2.69. The highest BCUT2D eigenvalue weighted by Crippen LogP contribution is 2.60. The van der Waals surface area contributed by atoms with Crippen LogP contribution in [0.4, 0.5) is 4.39 Å². The molecule has 2 N–H and O–H groups in total. The van der Waals surface area contributed by atoms with Crippen LogP contribution in [0.3, 0.4) is 0 Å². The van der Waals surface area contributed by atoms with Crippen molar-refractivity contribution in [3.05, 3.63) is 46.1 Å². The molecule has 0 radical (unpaired) electrons. The standard InChI is InChI=1S/C21H21ClFN3O4/c22-14-6-5-12(7-15(14)23)29-8-17(27)24-20-9-21(10-20,11-20)25-19(28)18-13-3-1-2-4-16(13)26-30-18/h5-7H,1-4,8-11H2,(H,24,27)(H,25,28). The molecule has 1 heterocycles. The SMILES string of the molecule is O=C(COc1ccc(Cl)c(F)c1)NC12CC(NC(=O)c3onc4c3CCCC4)(C1)C2. The number of rotatable bonds is 6. The fourth-order valence-corrected chi connectivity index (χ4v) is 5.08. The van der Waals surface area contributed by atoms with Gasteiger partial charge in [-0.3, -0.25) is 9.59 Å². The zero-order chi connectivity index (χ0) is 20.9. The number of ether oxygens (including phenoxy) is 1. The van der Waals surface area contributed by atoms with Gasteiger partial charge < -0.3 is 19.9 Å². The molecule has 2 aromatic rings. The number of fused-ring (bicyclic) bond motifs is 1. The van der Waals surface area contributed by atoms with Gasteiger partial charge in [-0.05, 0) is 57.1 Å². The van der Waals surface area contributed by atoms with Crippen LogP contribution in [0.5, 0.6) is 5.75 Å². The summed E-state index contributed by atoms with van der Waals surface area (Å²) in [6, 6.07) is 4.03. The number of aromatic nitrogens is 1. The average molecular weight is 434 g/mol. The zero-order valence-electron chi connectivity index (χ0n) is 16.2. The molecule has 4 aliphatic carbocycles. The van der Waals surface area contributed by atoms with Gasteiger partial charge in [-0.15, -0.1) is 0 Å². The molecule has 30 heavy (non-hydrogen) atoms. The summed E-state index contributed by atoms with van der Waals surface area (Å²) in [5.41, 5.74) is 1.23. The van der Waals surface area contributed by atoms with E-state index in [4.69, 9.17) is 20.9 Å². The van der Waals surface area contributed by atoms with E-state index < -0.39 is 5.82 Å². The predicted molar refractivity (Wildman–Crippen MR) is 105 cm³/mol. The molecule has 0 spiro atoms. The second-order valence-electron chi connectivity index (χ2n) is 8.60. The summed E-state index contributed by atoms with van der Waals surface area (Å²) in [6.45, 7) is -0.216. The van der Waals surface area contributed by atoms with Crippen LogP contribution in [0.1, 0.15) is 53.9 Å². The van der Waals surface area contributed by atoms with E-state index in [1.165, 1.54) is 12.1 Å². The third-order valence-corrected chi connectivity index (χ3v) is 6.55. The molecule has 0 saturated heterocycles. The normalized spacial score (nSPS) is 26.1. The van der Waals surface area contributed by atoms with Crippen LogP contribution in [-0.2, 0) is 17.6 Å². The van der Waals surface area contributed by atoms with Gasteiger partial charge >= 0.3 is 0 Å². The molecule has 9 heteroatoms. The highest BCUT2D eigenvalue weighted by atomic mass is 35.5. The molecule has 0 atom stereocenters. The Morgan fingerprint density at radius 1 is 1.17 bits per heavy atom. The first kappa shape index (κ1) is 19.4. The maximum absolute atomic E-state index is 13.4. The predicted octanol–water partition coefficient (Wildman–Crippen LogP) is 2.95. The number of hydrogen-bond acceptors (Lipinski definition) is 5. The van der Waals surface area contributed by atoms with Crippen LogP contribution >= 0.6 is 11.6 Å². The van der Waals surface area contributed by atoms with Gasteiger partial charge in [-0.1, -0.05) is 16.8 Å². The van der Waals surface area contributed by atoms with Gasteiger partial charge in [0.2, 0.25) is 5.76 Å². The molecule has 2 bridgehead atoms. The lowest BCUT2D eigenvalue weighted by Crippen LogP contribution is -2.84. The van der Waals surface area contributed by atoms with Crippen molar-refractivity contribution in [1.29, 1.82) is 0 Å². The smallest absolute Gasteiger partial charge is 0.290 e. The largest absolute Gasteiger partial charge is 0.484 e. The summed E-state index contributed by atoms with van der Waals surface area (Å²) < 4.78 is 24.1. The van der Waals surface area contributed by atoms with Crippen molar-refractivity contribution in [3.63, 3.8) is 0 Å². The van der Waals surface area contributed by atoms with Crippen molar-refractivity contribution < 1.29 is 23.2 Å². The van der Waals surface area contributed by atoms with E-state index in [1.807, 2.05) is 0 Å². The van der Waals surface area contributed by atoms with Gasteiger partial charge in [0, 0.05) is 22.7 Å². The number of amides is 2. The molecular weight excluding hydrogens is 413 g/mol. The highest BCUT2D eigenvalue weighted by molar-refractivity contribution is 6.30. The Balaban J connectivity index is 1.11. The molecular formula is C21H21ClFN3O4. The van der Waals surface area contributed by atoms with Gasteiger partial charge in [-0.25, -0.2) is 4.39 Å². The Kier molecular flexibility index (Phi) is 4.50. The Hall–Kier alpha value is -2.61. The number of carbonyl (C=O) groups is 2. The minimum absolute atomic E-state index is 0.00106. The summed E-state index contributed by atoms with van der Waals surface area (Å²) in [5, 5.41) is 10.1. The fraction of sp³-hybridized carbons (Fsp3) is 0.476. The number of nitrogens with zero attached hydrogens (tertiary/aromatic N) is 1. The van der Waals surface area contributed by atoms with E-state index in [0.717, 1.165) is 43.0 Å². The number of nitrogens with one attached hydrogen (secondary N) is 2. The van der Waals surface area contributed by atoms with Crippen LogP contribution < -0.4 is 15.4 Å². The molecule has 2 amide bonds. The first-order chi connectivity index (χ1) is 14.4. The molecule has 1 aromatic carbocycles. The molecule has 0 unspecified atom stereocenters.